The Hall–Kier alpha value is -4.43. The molecule has 0 N–H and O–H groups in total. The summed E-state index contributed by atoms with van der Waals surface area (Å²) in [6.45, 7) is -6.64. The van der Waals surface area contributed by atoms with Crippen molar-refractivity contribution in [3.8, 4) is 22.4 Å². The second kappa shape index (κ2) is 8.81. The van der Waals surface area contributed by atoms with Crippen molar-refractivity contribution in [1.82, 2.24) is 0 Å². The minimum Gasteiger partial charge on any atom is -0.455 e. The molecule has 7 aromatic rings. The first kappa shape index (κ1) is 14.6. The minimum atomic E-state index is -3.07. The summed E-state index contributed by atoms with van der Waals surface area (Å²) in [7, 11) is 1.72. The van der Waals surface area contributed by atoms with Crippen LogP contribution < -0.4 is 4.57 Å². The molecule has 0 radical (unpaired) electrons. The van der Waals surface area contributed by atoms with Crippen LogP contribution in [-0.4, -0.2) is 0 Å². The number of aromatic nitrogens is 1. The molecular formula is C37H32NO+. The average molecular weight is 518 g/mol. The second-order valence-corrected chi connectivity index (χ2v) is 10.1. The summed E-state index contributed by atoms with van der Waals surface area (Å²) in [5.41, 5.74) is 2.69. The van der Waals surface area contributed by atoms with Gasteiger partial charge in [0.05, 0.1) is 5.56 Å². The first-order chi connectivity index (χ1) is 23.3. The lowest BCUT2D eigenvalue weighted by Crippen LogP contribution is -2.31. The maximum absolute atomic E-state index is 8.39. The molecule has 0 saturated carbocycles. The number of pyridine rings is 1. The fourth-order valence-electron chi connectivity index (χ4n) is 5.73. The van der Waals surface area contributed by atoms with Crippen LogP contribution in [0.4, 0.5) is 0 Å². The summed E-state index contributed by atoms with van der Waals surface area (Å²) < 4.78 is 98.1. The Morgan fingerprint density at radius 3 is 2.49 bits per heavy atom. The molecule has 0 spiro atoms. The zero-order valence-electron chi connectivity index (χ0n) is 32.5. The normalized spacial score (nSPS) is 17.3. The summed E-state index contributed by atoms with van der Waals surface area (Å²) in [4.78, 5) is 0. The van der Waals surface area contributed by atoms with Gasteiger partial charge in [-0.15, -0.1) is 0 Å². The molecule has 2 heterocycles. The zero-order valence-corrected chi connectivity index (χ0v) is 21.5. The van der Waals surface area contributed by atoms with Gasteiger partial charge < -0.3 is 4.42 Å². The highest BCUT2D eigenvalue weighted by Crippen LogP contribution is 2.40. The number of benzene rings is 5. The lowest BCUT2D eigenvalue weighted by Gasteiger charge is -2.13. The second-order valence-electron chi connectivity index (χ2n) is 10.1. The van der Waals surface area contributed by atoms with E-state index >= 15 is 0 Å². The molecule has 0 unspecified atom stereocenters. The quantitative estimate of drug-likeness (QED) is 0.168. The molecule has 2 nitrogen and oxygen atoms in total. The van der Waals surface area contributed by atoms with Crippen LogP contribution >= 0.6 is 0 Å². The van der Waals surface area contributed by atoms with Crippen molar-refractivity contribution in [2.24, 2.45) is 7.05 Å². The van der Waals surface area contributed by atoms with Crippen LogP contribution in [0.15, 0.2) is 95.5 Å². The molecule has 0 fully saturated rings. The number of rotatable bonds is 3. The van der Waals surface area contributed by atoms with Crippen LogP contribution in [0.25, 0.3) is 65.9 Å². The lowest BCUT2D eigenvalue weighted by molar-refractivity contribution is -0.660. The van der Waals surface area contributed by atoms with Crippen molar-refractivity contribution in [3.63, 3.8) is 0 Å². The van der Waals surface area contributed by atoms with Gasteiger partial charge in [0.15, 0.2) is 6.20 Å². The van der Waals surface area contributed by atoms with Gasteiger partial charge in [-0.05, 0) is 88.5 Å². The van der Waals surface area contributed by atoms with Crippen molar-refractivity contribution in [3.05, 3.63) is 113 Å². The Bertz CT molecular complexity index is 2500. The smallest absolute Gasteiger partial charge is 0.216 e. The SMILES string of the molecule is [2H]C([2H])([2H])c1cc(C([2H])([2H])C([2H])([2H])[2H])ccc1-c1cc(-c2c(C)ccc3c2oc2cc4c(ccc5ccccc54)cc23)[n+](C)cc1C([2H])([2H])[2H]. The summed E-state index contributed by atoms with van der Waals surface area (Å²) in [6, 6.07) is 25.6. The standard InChI is InChI=1S/C37H32NO/c1-6-25-12-16-28(23(3)17-25)31-19-34(38(5)21-24(31)4)36-22(2)11-15-30-33-18-27-14-13-26-9-7-8-10-29(26)32(27)20-35(33)39-37(30)36/h7-21H,6H2,1-5H3/q+1/i1D3,3D3,4D3,6D2. The highest BCUT2D eigenvalue weighted by Gasteiger charge is 2.23. The number of hydrogen-bond donors (Lipinski definition) is 0. The van der Waals surface area contributed by atoms with Gasteiger partial charge in [-0.2, -0.15) is 0 Å². The van der Waals surface area contributed by atoms with Crippen LogP contribution in [0.3, 0.4) is 0 Å². The van der Waals surface area contributed by atoms with Crippen molar-refractivity contribution >= 4 is 43.5 Å². The van der Waals surface area contributed by atoms with Gasteiger partial charge in [0.25, 0.3) is 0 Å². The molecule has 2 aromatic heterocycles. The van der Waals surface area contributed by atoms with E-state index in [0.29, 0.717) is 22.4 Å². The summed E-state index contributed by atoms with van der Waals surface area (Å²) in [6.07, 6.45) is -1.39. The molecule has 190 valence electrons. The molecular weight excluding hydrogens is 474 g/mol. The van der Waals surface area contributed by atoms with E-state index in [2.05, 4.69) is 30.3 Å². The number of nitrogens with zero attached hydrogens (tertiary/aromatic N) is 1. The molecule has 0 saturated heterocycles. The first-order valence-corrected chi connectivity index (χ1v) is 12.7. The van der Waals surface area contributed by atoms with E-state index in [1.165, 1.54) is 18.3 Å². The van der Waals surface area contributed by atoms with E-state index < -0.39 is 26.9 Å². The molecule has 7 rings (SSSR count). The van der Waals surface area contributed by atoms with Gasteiger partial charge in [0.2, 0.25) is 5.69 Å². The Morgan fingerprint density at radius 2 is 1.62 bits per heavy atom. The van der Waals surface area contributed by atoms with E-state index in [4.69, 9.17) is 19.5 Å². The van der Waals surface area contributed by atoms with Gasteiger partial charge in [0, 0.05) is 37.5 Å². The van der Waals surface area contributed by atoms with Gasteiger partial charge in [0.1, 0.15) is 18.2 Å². The van der Waals surface area contributed by atoms with Crippen LogP contribution in [-0.2, 0) is 13.4 Å². The van der Waals surface area contributed by atoms with Crippen molar-refractivity contribution in [2.75, 3.05) is 0 Å². The molecule has 0 aliphatic rings. The van der Waals surface area contributed by atoms with E-state index in [0.717, 1.165) is 43.9 Å². The van der Waals surface area contributed by atoms with E-state index in [9.17, 15) is 0 Å². The number of fused-ring (bicyclic) bond motifs is 6. The summed E-state index contributed by atoms with van der Waals surface area (Å²) in [5, 5.41) is 6.08. The zero-order chi connectivity index (χ0) is 36.1. The predicted molar refractivity (Wildman–Crippen MR) is 164 cm³/mol. The highest BCUT2D eigenvalue weighted by atomic mass is 16.3. The monoisotopic (exact) mass is 517 g/mol. The Kier molecular flexibility index (Phi) is 3.31. The van der Waals surface area contributed by atoms with Crippen molar-refractivity contribution in [1.29, 1.82) is 0 Å². The molecule has 2 heteroatoms. The van der Waals surface area contributed by atoms with Gasteiger partial charge in [-0.3, -0.25) is 0 Å². The van der Waals surface area contributed by atoms with Gasteiger partial charge >= 0.3 is 0 Å². The summed E-state index contributed by atoms with van der Waals surface area (Å²) in [5.74, 6) is 0. The van der Waals surface area contributed by atoms with Crippen LogP contribution in [0.1, 0.15) is 44.2 Å². The van der Waals surface area contributed by atoms with E-state index in [-0.39, 0.29) is 27.8 Å². The topological polar surface area (TPSA) is 17.0 Å². The fraction of sp³-hybridized carbons (Fsp3) is 0.162. The molecule has 0 atom stereocenters. The third-order valence-electron chi connectivity index (χ3n) is 7.70. The first-order valence-electron chi connectivity index (χ1n) is 18.2. The third-order valence-corrected chi connectivity index (χ3v) is 7.70. The molecule has 0 bridgehead atoms. The number of hydrogen-bond acceptors (Lipinski definition) is 1. The Labute approximate surface area is 244 Å². The van der Waals surface area contributed by atoms with Gasteiger partial charge in [-0.25, -0.2) is 4.57 Å². The Balaban J connectivity index is 1.51. The third kappa shape index (κ3) is 3.66. The minimum absolute atomic E-state index is 0.0376. The maximum atomic E-state index is 8.39. The van der Waals surface area contributed by atoms with Crippen LogP contribution in [0.5, 0.6) is 0 Å². The fourth-order valence-corrected chi connectivity index (χ4v) is 5.73. The van der Waals surface area contributed by atoms with Crippen molar-refractivity contribution < 1.29 is 24.1 Å². The number of aryl methyl sites for hydroxylation is 5. The molecule has 0 aliphatic carbocycles. The van der Waals surface area contributed by atoms with Crippen LogP contribution in [0.2, 0.25) is 0 Å². The molecule has 0 aliphatic heterocycles. The van der Waals surface area contributed by atoms with Gasteiger partial charge in [-0.1, -0.05) is 73.6 Å². The molecule has 39 heavy (non-hydrogen) atoms. The van der Waals surface area contributed by atoms with Crippen molar-refractivity contribution in [2.45, 2.75) is 33.9 Å². The lowest BCUT2D eigenvalue weighted by atomic mass is 9.92. The largest absolute Gasteiger partial charge is 0.455 e. The molecule has 5 aromatic carbocycles. The molecule has 0 amide bonds. The number of furan rings is 1. The maximum Gasteiger partial charge on any atom is 0.216 e. The van der Waals surface area contributed by atoms with E-state index in [1.54, 1.807) is 17.7 Å². The van der Waals surface area contributed by atoms with Crippen LogP contribution in [0, 0.1) is 20.6 Å². The summed E-state index contributed by atoms with van der Waals surface area (Å²) >= 11 is 0. The average Bonchev–Trinajstić information content (AvgIpc) is 3.39. The Morgan fingerprint density at radius 1 is 0.744 bits per heavy atom. The highest BCUT2D eigenvalue weighted by molar-refractivity contribution is 6.17. The van der Waals surface area contributed by atoms with E-state index in [1.807, 2.05) is 37.3 Å². The predicted octanol–water partition coefficient (Wildman–Crippen LogP) is 9.54.